The van der Waals surface area contributed by atoms with Gasteiger partial charge in [0.05, 0.1) is 12.1 Å². The van der Waals surface area contributed by atoms with Crippen LogP contribution in [0.15, 0.2) is 36.4 Å². The minimum Gasteiger partial charge on any atom is -0.480 e. The second kappa shape index (κ2) is 8.50. The predicted octanol–water partition coefficient (Wildman–Crippen LogP) is 4.13. The van der Waals surface area contributed by atoms with E-state index in [9.17, 15) is 5.26 Å². The van der Waals surface area contributed by atoms with Gasteiger partial charge in [0.2, 0.25) is 5.88 Å². The lowest BCUT2D eigenvalue weighted by Gasteiger charge is -2.38. The van der Waals surface area contributed by atoms with Crippen LogP contribution in [-0.4, -0.2) is 44.3 Å². The number of ether oxygens (including phenoxy) is 1. The summed E-state index contributed by atoms with van der Waals surface area (Å²) in [4.78, 5) is 9.46. The van der Waals surface area contributed by atoms with E-state index in [4.69, 9.17) is 21.3 Å². The fourth-order valence-electron chi connectivity index (χ4n) is 4.98. The molecule has 2 aliphatic heterocycles. The number of nitrogens with one attached hydrogen (secondary N) is 1. The second-order valence-corrected chi connectivity index (χ2v) is 8.88. The number of halogens is 1. The van der Waals surface area contributed by atoms with Crippen LogP contribution >= 0.6 is 11.6 Å². The molecule has 32 heavy (non-hydrogen) atoms. The number of hydrogen-bond donors (Lipinski definition) is 1. The van der Waals surface area contributed by atoms with E-state index in [1.54, 1.807) is 7.11 Å². The molecule has 0 saturated carbocycles. The zero-order chi connectivity index (χ0) is 22.2. The van der Waals surface area contributed by atoms with Crippen molar-refractivity contribution in [3.05, 3.63) is 58.1 Å². The summed E-state index contributed by atoms with van der Waals surface area (Å²) in [5.41, 5.74) is 3.80. The van der Waals surface area contributed by atoms with E-state index in [1.807, 2.05) is 12.1 Å². The number of rotatable bonds is 3. The third-order valence-electron chi connectivity index (χ3n) is 6.48. The quantitative estimate of drug-likeness (QED) is 0.651. The largest absolute Gasteiger partial charge is 0.480 e. The van der Waals surface area contributed by atoms with E-state index in [-0.39, 0.29) is 0 Å². The van der Waals surface area contributed by atoms with Crippen molar-refractivity contribution in [2.45, 2.75) is 25.9 Å². The van der Waals surface area contributed by atoms with E-state index in [0.717, 1.165) is 65.5 Å². The summed E-state index contributed by atoms with van der Waals surface area (Å²) >= 11 is 6.61. The molecule has 1 atom stereocenters. The standard InChI is InChI=1S/C25H26ClN5O/c1-16-14-31(12-10-28-16)24-18-9-11-30(15-20(18)19(13-27)25(29-24)32-2)22-8-4-6-17-5-3-7-21(26)23(17)22/h3-8,16,28H,9-12,14-15H2,1-2H3. The molecular formula is C25H26ClN5O. The number of hydrogen-bond acceptors (Lipinski definition) is 6. The van der Waals surface area contributed by atoms with Gasteiger partial charge < -0.3 is 19.9 Å². The summed E-state index contributed by atoms with van der Waals surface area (Å²) in [6.07, 6.45) is 0.815. The number of nitriles is 1. The highest BCUT2D eigenvalue weighted by Gasteiger charge is 2.30. The first-order chi connectivity index (χ1) is 15.6. The SMILES string of the molecule is COc1nc(N2CCNC(C)C2)c2c(c1C#N)CN(c1cccc3cccc(Cl)c13)CC2. The number of anilines is 2. The molecule has 0 aliphatic carbocycles. The van der Waals surface area contributed by atoms with Crippen LogP contribution in [0, 0.1) is 11.3 Å². The van der Waals surface area contributed by atoms with Crippen LogP contribution in [0.3, 0.4) is 0 Å². The Labute approximate surface area is 193 Å². The van der Waals surface area contributed by atoms with Crippen LogP contribution in [0.5, 0.6) is 5.88 Å². The van der Waals surface area contributed by atoms with Gasteiger partial charge in [0.25, 0.3) is 0 Å². The maximum atomic E-state index is 9.99. The molecule has 2 aromatic carbocycles. The smallest absolute Gasteiger partial charge is 0.233 e. The van der Waals surface area contributed by atoms with Gasteiger partial charge in [-0.2, -0.15) is 10.2 Å². The number of benzene rings is 2. The molecular weight excluding hydrogens is 422 g/mol. The first-order valence-corrected chi connectivity index (χ1v) is 11.4. The number of fused-ring (bicyclic) bond motifs is 2. The molecule has 5 rings (SSSR count). The Bertz CT molecular complexity index is 1220. The minimum absolute atomic E-state index is 0.390. The van der Waals surface area contributed by atoms with Gasteiger partial charge in [-0.1, -0.05) is 35.9 Å². The van der Waals surface area contributed by atoms with E-state index in [1.165, 1.54) is 5.56 Å². The van der Waals surface area contributed by atoms with Gasteiger partial charge in [-0.25, -0.2) is 0 Å². The van der Waals surface area contributed by atoms with Crippen molar-refractivity contribution in [2.75, 3.05) is 43.1 Å². The second-order valence-electron chi connectivity index (χ2n) is 8.48. The van der Waals surface area contributed by atoms with Gasteiger partial charge in [0, 0.05) is 61.0 Å². The van der Waals surface area contributed by atoms with E-state index in [2.05, 4.69) is 52.4 Å². The molecule has 1 unspecified atom stereocenters. The Kier molecular flexibility index (Phi) is 5.54. The summed E-state index contributed by atoms with van der Waals surface area (Å²) in [5, 5.41) is 16.4. The Morgan fingerprint density at radius 1 is 1.16 bits per heavy atom. The number of aromatic nitrogens is 1. The average Bonchev–Trinajstić information content (AvgIpc) is 2.82. The maximum absolute atomic E-state index is 9.99. The van der Waals surface area contributed by atoms with Gasteiger partial charge in [0.15, 0.2) is 0 Å². The Morgan fingerprint density at radius 3 is 2.72 bits per heavy atom. The van der Waals surface area contributed by atoms with Crippen LogP contribution in [0.4, 0.5) is 11.5 Å². The molecule has 3 heterocycles. The molecule has 2 aliphatic rings. The summed E-state index contributed by atoms with van der Waals surface area (Å²) in [6.45, 7) is 6.34. The van der Waals surface area contributed by atoms with E-state index >= 15 is 0 Å². The van der Waals surface area contributed by atoms with Crippen LogP contribution < -0.4 is 19.9 Å². The molecule has 0 bridgehead atoms. The molecule has 1 aromatic heterocycles. The van der Waals surface area contributed by atoms with Crippen LogP contribution in [0.1, 0.15) is 23.6 Å². The molecule has 6 nitrogen and oxygen atoms in total. The Balaban J connectivity index is 1.61. The van der Waals surface area contributed by atoms with Crippen molar-refractivity contribution in [2.24, 2.45) is 0 Å². The molecule has 1 fully saturated rings. The summed E-state index contributed by atoms with van der Waals surface area (Å²) < 4.78 is 5.58. The summed E-state index contributed by atoms with van der Waals surface area (Å²) in [7, 11) is 1.59. The van der Waals surface area contributed by atoms with Crippen LogP contribution in [0.25, 0.3) is 10.8 Å². The predicted molar refractivity (Wildman–Crippen MR) is 129 cm³/mol. The molecule has 7 heteroatoms. The first kappa shape index (κ1) is 20.9. The van der Waals surface area contributed by atoms with Crippen molar-refractivity contribution >= 4 is 33.9 Å². The number of piperazine rings is 1. The normalized spacial score (nSPS) is 18.4. The highest BCUT2D eigenvalue weighted by atomic mass is 35.5. The molecule has 0 spiro atoms. The zero-order valence-corrected chi connectivity index (χ0v) is 19.1. The Hall–Kier alpha value is -3.01. The average molecular weight is 448 g/mol. The molecule has 3 aromatic rings. The highest BCUT2D eigenvalue weighted by molar-refractivity contribution is 6.36. The van der Waals surface area contributed by atoms with Crippen molar-refractivity contribution in [3.8, 4) is 11.9 Å². The third-order valence-corrected chi connectivity index (χ3v) is 6.80. The molecule has 1 saturated heterocycles. The third kappa shape index (κ3) is 3.52. The fraction of sp³-hybridized carbons (Fsp3) is 0.360. The number of methoxy groups -OCH3 is 1. The summed E-state index contributed by atoms with van der Waals surface area (Å²) in [5.74, 6) is 1.37. The van der Waals surface area contributed by atoms with Crippen LogP contribution in [0.2, 0.25) is 5.02 Å². The molecule has 1 N–H and O–H groups in total. The first-order valence-electron chi connectivity index (χ1n) is 11.0. The summed E-state index contributed by atoms with van der Waals surface area (Å²) in [6, 6.07) is 15.0. The highest BCUT2D eigenvalue weighted by Crippen LogP contribution is 2.39. The van der Waals surface area contributed by atoms with Gasteiger partial charge in [-0.05, 0) is 30.9 Å². The lowest BCUT2D eigenvalue weighted by molar-refractivity contribution is 0.393. The van der Waals surface area contributed by atoms with Crippen molar-refractivity contribution in [3.63, 3.8) is 0 Å². The minimum atomic E-state index is 0.390. The molecule has 0 amide bonds. The van der Waals surface area contributed by atoms with Gasteiger partial charge in [-0.3, -0.25) is 0 Å². The van der Waals surface area contributed by atoms with Crippen molar-refractivity contribution in [1.82, 2.24) is 10.3 Å². The molecule has 0 radical (unpaired) electrons. The fourth-order valence-corrected chi connectivity index (χ4v) is 5.26. The van der Waals surface area contributed by atoms with Crippen molar-refractivity contribution in [1.29, 1.82) is 5.26 Å². The van der Waals surface area contributed by atoms with Gasteiger partial charge in [-0.15, -0.1) is 0 Å². The lowest BCUT2D eigenvalue weighted by atomic mass is 9.94. The molecule has 164 valence electrons. The van der Waals surface area contributed by atoms with Gasteiger partial charge in [0.1, 0.15) is 17.5 Å². The number of nitrogens with zero attached hydrogens (tertiary/aromatic N) is 4. The topological polar surface area (TPSA) is 64.4 Å². The van der Waals surface area contributed by atoms with Crippen molar-refractivity contribution < 1.29 is 4.74 Å². The monoisotopic (exact) mass is 447 g/mol. The van der Waals surface area contributed by atoms with E-state index in [0.29, 0.717) is 24.0 Å². The lowest BCUT2D eigenvalue weighted by Crippen LogP contribution is -2.50. The van der Waals surface area contributed by atoms with Crippen LogP contribution in [-0.2, 0) is 13.0 Å². The number of pyridine rings is 1. The zero-order valence-electron chi connectivity index (χ0n) is 18.4. The van der Waals surface area contributed by atoms with E-state index < -0.39 is 0 Å². The Morgan fingerprint density at radius 2 is 1.97 bits per heavy atom. The maximum Gasteiger partial charge on any atom is 0.233 e. The van der Waals surface area contributed by atoms with Gasteiger partial charge >= 0.3 is 0 Å².